The number of carboxylic acid groups (broad SMARTS) is 1. The van der Waals surface area contributed by atoms with Crippen molar-refractivity contribution in [3.05, 3.63) is 23.3 Å². The molecule has 0 fully saturated rings. The van der Waals surface area contributed by atoms with Crippen LogP contribution in [0.15, 0.2) is 17.5 Å². The third kappa shape index (κ3) is 4.19. The van der Waals surface area contributed by atoms with Crippen LogP contribution in [0.5, 0.6) is 0 Å². The molecule has 0 spiro atoms. The van der Waals surface area contributed by atoms with Crippen LogP contribution < -0.4 is 10.6 Å². The third-order valence-corrected chi connectivity index (χ3v) is 2.51. The van der Waals surface area contributed by atoms with E-state index in [1.165, 1.54) is 24.9 Å². The van der Waals surface area contributed by atoms with Gasteiger partial charge in [0, 0.05) is 18.2 Å². The molecule has 0 aliphatic heterocycles. The van der Waals surface area contributed by atoms with Crippen LogP contribution in [0.3, 0.4) is 0 Å². The first-order valence-electron chi connectivity index (χ1n) is 5.65. The van der Waals surface area contributed by atoms with Gasteiger partial charge in [0.05, 0.1) is 6.54 Å². The van der Waals surface area contributed by atoms with E-state index in [2.05, 4.69) is 15.4 Å². The van der Waals surface area contributed by atoms with Gasteiger partial charge in [0.25, 0.3) is 5.91 Å². The highest BCUT2D eigenvalue weighted by Crippen LogP contribution is 2.03. The number of aryl methyl sites for hydroxylation is 1. The molecule has 0 atom stereocenters. The molecule has 9 nitrogen and oxygen atoms in total. The number of carbonyl (C=O) groups excluding carboxylic acids is 2. The van der Waals surface area contributed by atoms with Crippen molar-refractivity contribution in [2.45, 2.75) is 20.4 Å². The van der Waals surface area contributed by atoms with E-state index in [9.17, 15) is 14.4 Å². The monoisotopic (exact) mass is 281 g/mol. The maximum atomic E-state index is 11.6. The first-order valence-corrected chi connectivity index (χ1v) is 5.65. The summed E-state index contributed by atoms with van der Waals surface area (Å²) in [6.07, 6.45) is 1.48. The van der Waals surface area contributed by atoms with Crippen molar-refractivity contribution >= 4 is 17.9 Å². The van der Waals surface area contributed by atoms with Crippen molar-refractivity contribution in [1.29, 1.82) is 0 Å². The Morgan fingerprint density at radius 1 is 1.30 bits per heavy atom. The van der Waals surface area contributed by atoms with Gasteiger partial charge in [-0.05, 0) is 13.8 Å². The summed E-state index contributed by atoms with van der Waals surface area (Å²) in [6, 6.07) is -0.750. The molecule has 1 rings (SSSR count). The molecule has 0 aliphatic carbocycles. The summed E-state index contributed by atoms with van der Waals surface area (Å²) in [5, 5.41) is 17.1. The highest BCUT2D eigenvalue weighted by Gasteiger charge is 2.15. The standard InChI is InChI=1S/C11H15N5O4/c1-6(7(2)10(18)19)9(17)14-11(20)12-4-8-13-5-16(3)15-8/h5H,4H2,1-3H3,(H,18,19)(H2,12,14,17,20). The number of nitrogens with zero attached hydrogens (tertiary/aromatic N) is 3. The van der Waals surface area contributed by atoms with Crippen LogP contribution in [-0.2, 0) is 23.2 Å². The number of aliphatic carboxylic acids is 1. The van der Waals surface area contributed by atoms with E-state index in [0.717, 1.165) is 0 Å². The van der Waals surface area contributed by atoms with Crippen LogP contribution >= 0.6 is 0 Å². The molecule has 9 heteroatoms. The predicted octanol–water partition coefficient (Wildman–Crippen LogP) is -0.438. The molecule has 1 aromatic rings. The molecule has 0 aliphatic rings. The van der Waals surface area contributed by atoms with E-state index in [1.54, 1.807) is 7.05 Å². The van der Waals surface area contributed by atoms with Crippen LogP contribution in [0.25, 0.3) is 0 Å². The van der Waals surface area contributed by atoms with Gasteiger partial charge < -0.3 is 10.4 Å². The number of rotatable bonds is 4. The molecule has 0 radical (unpaired) electrons. The van der Waals surface area contributed by atoms with Crippen LogP contribution in [0.1, 0.15) is 19.7 Å². The van der Waals surface area contributed by atoms with Gasteiger partial charge in [0.15, 0.2) is 5.82 Å². The Balaban J connectivity index is 2.52. The zero-order valence-corrected chi connectivity index (χ0v) is 11.3. The van der Waals surface area contributed by atoms with Crippen LogP contribution in [0.2, 0.25) is 0 Å². The summed E-state index contributed by atoms with van der Waals surface area (Å²) in [7, 11) is 1.68. The quantitative estimate of drug-likeness (QED) is 0.642. The highest BCUT2D eigenvalue weighted by atomic mass is 16.4. The first-order chi connectivity index (χ1) is 9.31. The molecule has 1 heterocycles. The molecule has 0 unspecified atom stereocenters. The van der Waals surface area contributed by atoms with Crippen LogP contribution in [0, 0.1) is 0 Å². The number of amides is 3. The normalized spacial score (nSPS) is 11.6. The molecule has 0 saturated carbocycles. The fraction of sp³-hybridized carbons (Fsp3) is 0.364. The van der Waals surface area contributed by atoms with E-state index in [4.69, 9.17) is 5.11 Å². The molecule has 108 valence electrons. The molecule has 0 saturated heterocycles. The Bertz CT molecular complexity index is 575. The first kappa shape index (κ1) is 15.3. The van der Waals surface area contributed by atoms with Crippen molar-refractivity contribution < 1.29 is 19.5 Å². The molecular formula is C11H15N5O4. The van der Waals surface area contributed by atoms with Crippen molar-refractivity contribution in [2.75, 3.05) is 0 Å². The number of nitrogens with one attached hydrogen (secondary N) is 2. The van der Waals surface area contributed by atoms with Crippen LogP contribution in [0.4, 0.5) is 4.79 Å². The van der Waals surface area contributed by atoms with Crippen molar-refractivity contribution in [3.63, 3.8) is 0 Å². The molecule has 20 heavy (non-hydrogen) atoms. The number of hydrogen-bond donors (Lipinski definition) is 3. The van der Waals surface area contributed by atoms with E-state index < -0.39 is 17.9 Å². The number of imide groups is 1. The number of carboxylic acids is 1. The number of hydrogen-bond acceptors (Lipinski definition) is 5. The Morgan fingerprint density at radius 2 is 1.95 bits per heavy atom. The lowest BCUT2D eigenvalue weighted by Gasteiger charge is -2.06. The lowest BCUT2D eigenvalue weighted by atomic mass is 10.1. The Hall–Kier alpha value is -2.71. The fourth-order valence-electron chi connectivity index (χ4n) is 1.20. The summed E-state index contributed by atoms with van der Waals surface area (Å²) >= 11 is 0. The molecule has 1 aromatic heterocycles. The molecular weight excluding hydrogens is 266 g/mol. The van der Waals surface area contributed by atoms with E-state index >= 15 is 0 Å². The van der Waals surface area contributed by atoms with Gasteiger partial charge >= 0.3 is 12.0 Å². The SMILES string of the molecule is CC(C(=O)O)=C(C)C(=O)NC(=O)NCc1ncn(C)n1. The predicted molar refractivity (Wildman–Crippen MR) is 67.4 cm³/mol. The van der Waals surface area contributed by atoms with Gasteiger partial charge in [0.2, 0.25) is 0 Å². The molecule has 3 amide bonds. The van der Waals surface area contributed by atoms with Gasteiger partial charge in [-0.15, -0.1) is 0 Å². The summed E-state index contributed by atoms with van der Waals surface area (Å²) < 4.78 is 1.48. The van der Waals surface area contributed by atoms with E-state index in [1.807, 2.05) is 5.32 Å². The maximum absolute atomic E-state index is 11.6. The number of urea groups is 1. The molecule has 3 N–H and O–H groups in total. The Kier molecular flexibility index (Phi) is 4.95. The highest BCUT2D eigenvalue weighted by molar-refractivity contribution is 6.07. The second kappa shape index (κ2) is 6.45. The average Bonchev–Trinajstić information content (AvgIpc) is 2.80. The lowest BCUT2D eigenvalue weighted by Crippen LogP contribution is -2.40. The van der Waals surface area contributed by atoms with Crippen molar-refractivity contribution in [3.8, 4) is 0 Å². The van der Waals surface area contributed by atoms with Gasteiger partial charge in [-0.3, -0.25) is 14.8 Å². The van der Waals surface area contributed by atoms with Crippen LogP contribution in [-0.4, -0.2) is 37.8 Å². The van der Waals surface area contributed by atoms with Gasteiger partial charge in [0.1, 0.15) is 6.33 Å². The minimum absolute atomic E-state index is 0.0383. The summed E-state index contributed by atoms with van der Waals surface area (Å²) in [5.41, 5.74) is -0.162. The summed E-state index contributed by atoms with van der Waals surface area (Å²) in [5.74, 6) is -1.59. The molecule has 0 bridgehead atoms. The Morgan fingerprint density at radius 3 is 2.45 bits per heavy atom. The number of aromatic nitrogens is 3. The van der Waals surface area contributed by atoms with E-state index in [0.29, 0.717) is 5.82 Å². The zero-order chi connectivity index (χ0) is 15.3. The fourth-order valence-corrected chi connectivity index (χ4v) is 1.20. The van der Waals surface area contributed by atoms with Gasteiger partial charge in [-0.25, -0.2) is 14.6 Å². The minimum atomic E-state index is -1.21. The lowest BCUT2D eigenvalue weighted by molar-refractivity contribution is -0.133. The zero-order valence-electron chi connectivity index (χ0n) is 11.3. The largest absolute Gasteiger partial charge is 0.478 e. The summed E-state index contributed by atoms with van der Waals surface area (Å²) in [4.78, 5) is 37.6. The number of carbonyl (C=O) groups is 3. The second-order valence-electron chi connectivity index (χ2n) is 4.03. The second-order valence-corrected chi connectivity index (χ2v) is 4.03. The average molecular weight is 281 g/mol. The smallest absolute Gasteiger partial charge is 0.331 e. The minimum Gasteiger partial charge on any atom is -0.478 e. The molecule has 0 aromatic carbocycles. The Labute approximate surface area is 114 Å². The van der Waals surface area contributed by atoms with Crippen molar-refractivity contribution in [2.24, 2.45) is 7.05 Å². The summed E-state index contributed by atoms with van der Waals surface area (Å²) in [6.45, 7) is 2.67. The third-order valence-electron chi connectivity index (χ3n) is 2.51. The topological polar surface area (TPSA) is 126 Å². The van der Waals surface area contributed by atoms with Gasteiger partial charge in [-0.1, -0.05) is 0 Å². The van der Waals surface area contributed by atoms with Crippen molar-refractivity contribution in [1.82, 2.24) is 25.4 Å². The van der Waals surface area contributed by atoms with Gasteiger partial charge in [-0.2, -0.15) is 5.10 Å². The maximum Gasteiger partial charge on any atom is 0.331 e. The van der Waals surface area contributed by atoms with E-state index in [-0.39, 0.29) is 17.7 Å².